The van der Waals surface area contributed by atoms with Crippen LogP contribution in [0.1, 0.15) is 51.0 Å². The smallest absolute Gasteiger partial charge is 0.288 e. The summed E-state index contributed by atoms with van der Waals surface area (Å²) in [5.41, 5.74) is 1.19. The van der Waals surface area contributed by atoms with Gasteiger partial charge in [-0.3, -0.25) is 9.69 Å². The molecule has 0 unspecified atom stereocenters. The topological polar surface area (TPSA) is 80.7 Å². The molecule has 3 aliphatic heterocycles. The number of aliphatic hydroxyl groups excluding tert-OH is 1. The average molecular weight is 501 g/mol. The molecule has 1 aromatic rings. The van der Waals surface area contributed by atoms with E-state index in [0.717, 1.165) is 44.0 Å². The van der Waals surface area contributed by atoms with Crippen LogP contribution in [0.2, 0.25) is 0 Å². The second kappa shape index (κ2) is 11.8. The first-order chi connectivity index (χ1) is 17.7. The van der Waals surface area contributed by atoms with Crippen LogP contribution in [0, 0.1) is 17.8 Å². The number of amides is 1. The van der Waals surface area contributed by atoms with E-state index in [-0.39, 0.29) is 31.1 Å². The molecule has 0 aromatic heterocycles. The lowest BCUT2D eigenvalue weighted by Gasteiger charge is -2.41. The molecule has 5 rings (SSSR count). The van der Waals surface area contributed by atoms with Gasteiger partial charge in [0.2, 0.25) is 13.1 Å². The zero-order valence-electron chi connectivity index (χ0n) is 21.4. The number of hydrogen-bond acceptors (Lipinski definition) is 7. The highest BCUT2D eigenvalue weighted by Gasteiger charge is 2.42. The number of nitrogens with zero attached hydrogens (tertiary/aromatic N) is 2. The Morgan fingerprint density at radius 1 is 1.11 bits per heavy atom. The molecule has 1 aliphatic carbocycles. The number of carbonyl (C=O) groups is 1. The Bertz CT molecular complexity index is 923. The summed E-state index contributed by atoms with van der Waals surface area (Å²) in [6.07, 6.45) is 8.12. The lowest BCUT2D eigenvalue weighted by Crippen LogP contribution is -2.50. The van der Waals surface area contributed by atoms with Crippen molar-refractivity contribution in [2.75, 3.05) is 46.2 Å². The third-order valence-corrected chi connectivity index (χ3v) is 8.12. The van der Waals surface area contributed by atoms with Gasteiger partial charge in [-0.15, -0.1) is 0 Å². The molecule has 198 valence electrons. The second-order valence-corrected chi connectivity index (χ2v) is 10.4. The van der Waals surface area contributed by atoms with Gasteiger partial charge in [0.1, 0.15) is 0 Å². The Balaban J connectivity index is 1.23. The third kappa shape index (κ3) is 5.66. The monoisotopic (exact) mass is 500 g/mol. The fourth-order valence-electron chi connectivity index (χ4n) is 6.22. The van der Waals surface area contributed by atoms with E-state index in [1.165, 1.54) is 31.2 Å². The van der Waals surface area contributed by atoms with Crippen molar-refractivity contribution in [3.63, 3.8) is 0 Å². The van der Waals surface area contributed by atoms with Crippen LogP contribution < -0.4 is 9.47 Å². The molecule has 8 nitrogen and oxygen atoms in total. The quantitative estimate of drug-likeness (QED) is 0.556. The van der Waals surface area contributed by atoms with Gasteiger partial charge in [-0.1, -0.05) is 18.9 Å². The Labute approximate surface area is 214 Å². The maximum absolute atomic E-state index is 13.6. The van der Waals surface area contributed by atoms with Crippen LogP contribution in [0.4, 0.5) is 0 Å². The molecule has 0 radical (unpaired) electrons. The van der Waals surface area contributed by atoms with Crippen LogP contribution in [-0.2, 0) is 20.8 Å². The van der Waals surface area contributed by atoms with Gasteiger partial charge in [-0.05, 0) is 68.2 Å². The molecule has 0 spiro atoms. The van der Waals surface area contributed by atoms with Crippen molar-refractivity contribution < 1.29 is 28.8 Å². The van der Waals surface area contributed by atoms with E-state index in [9.17, 15) is 9.90 Å². The van der Waals surface area contributed by atoms with Crippen molar-refractivity contribution in [1.82, 2.24) is 9.80 Å². The summed E-state index contributed by atoms with van der Waals surface area (Å²) in [4.78, 5) is 17.9. The summed E-state index contributed by atoms with van der Waals surface area (Å²) in [6, 6.07) is 6.09. The van der Waals surface area contributed by atoms with Crippen molar-refractivity contribution in [2.45, 2.75) is 58.3 Å². The number of ether oxygens (including phenoxy) is 4. The fourth-order valence-corrected chi connectivity index (χ4v) is 6.22. The first-order valence-corrected chi connectivity index (χ1v) is 13.7. The molecule has 0 bridgehead atoms. The van der Waals surface area contributed by atoms with Gasteiger partial charge in [0, 0.05) is 51.9 Å². The van der Waals surface area contributed by atoms with Gasteiger partial charge in [0.15, 0.2) is 17.3 Å². The number of carbonyl (C=O) groups excluding carboxylic acids is 1. The van der Waals surface area contributed by atoms with Crippen LogP contribution in [0.5, 0.6) is 11.5 Å². The number of benzene rings is 1. The molecule has 1 amide bonds. The number of fused-ring (bicyclic) bond motifs is 1. The summed E-state index contributed by atoms with van der Waals surface area (Å²) >= 11 is 0. The Morgan fingerprint density at radius 2 is 1.89 bits per heavy atom. The van der Waals surface area contributed by atoms with Crippen LogP contribution in [-0.4, -0.2) is 73.3 Å². The van der Waals surface area contributed by atoms with Gasteiger partial charge < -0.3 is 29.0 Å². The molecule has 3 heterocycles. The minimum atomic E-state index is -0.427. The average Bonchev–Trinajstić information content (AvgIpc) is 3.60. The molecule has 2 fully saturated rings. The predicted octanol–water partition coefficient (Wildman–Crippen LogP) is 3.53. The number of allylic oxidation sites excluding steroid dienone is 1. The highest BCUT2D eigenvalue weighted by atomic mass is 16.7. The van der Waals surface area contributed by atoms with E-state index >= 15 is 0 Å². The normalized spacial score (nSPS) is 26.7. The van der Waals surface area contributed by atoms with Crippen LogP contribution in [0.25, 0.3) is 0 Å². The van der Waals surface area contributed by atoms with Crippen molar-refractivity contribution in [3.05, 3.63) is 35.6 Å². The minimum Gasteiger partial charge on any atom is -0.459 e. The SMILES string of the molecule is CCO[C@@H]1OC(C(=O)N2CCN(Cc3ccc4c(c3)OCO4)CC2)=C[C@H](C2CCCC2)[C@H]1CCCO. The number of rotatable bonds is 9. The van der Waals surface area contributed by atoms with Crippen LogP contribution >= 0.6 is 0 Å². The maximum Gasteiger partial charge on any atom is 0.288 e. The zero-order valence-corrected chi connectivity index (χ0v) is 21.4. The van der Waals surface area contributed by atoms with Gasteiger partial charge in [-0.25, -0.2) is 0 Å². The summed E-state index contributed by atoms with van der Waals surface area (Å²) in [5.74, 6) is 3.03. The number of aliphatic hydroxyl groups is 1. The van der Waals surface area contributed by atoms with E-state index in [4.69, 9.17) is 18.9 Å². The zero-order chi connectivity index (χ0) is 24.9. The molecule has 1 aromatic carbocycles. The molecule has 1 saturated carbocycles. The van der Waals surface area contributed by atoms with E-state index in [1.54, 1.807) is 0 Å². The molecule has 8 heteroatoms. The minimum absolute atomic E-state index is 0.0222. The van der Waals surface area contributed by atoms with Crippen molar-refractivity contribution in [3.8, 4) is 11.5 Å². The van der Waals surface area contributed by atoms with Gasteiger partial charge in [-0.2, -0.15) is 0 Å². The van der Waals surface area contributed by atoms with E-state index in [0.29, 0.717) is 31.4 Å². The highest BCUT2D eigenvalue weighted by Crippen LogP contribution is 2.43. The summed E-state index contributed by atoms with van der Waals surface area (Å²) in [6.45, 7) is 6.75. The van der Waals surface area contributed by atoms with Crippen LogP contribution in [0.15, 0.2) is 30.0 Å². The standard InChI is InChI=1S/C28H40N2O6/c1-2-33-28-22(8-5-15-31)23(21-6-3-4-7-21)17-26(36-28)27(32)30-13-11-29(12-14-30)18-20-9-10-24-25(16-20)35-19-34-24/h9-10,16-17,21-23,28,31H,2-8,11-15,18-19H2,1H3/t22-,23-,28-/m1/s1. The lowest BCUT2D eigenvalue weighted by atomic mass is 9.76. The van der Waals surface area contributed by atoms with E-state index in [1.807, 2.05) is 24.0 Å². The molecule has 36 heavy (non-hydrogen) atoms. The lowest BCUT2D eigenvalue weighted by molar-refractivity contribution is -0.179. The molecule has 3 atom stereocenters. The first-order valence-electron chi connectivity index (χ1n) is 13.7. The molecule has 1 saturated heterocycles. The molecular formula is C28H40N2O6. The maximum atomic E-state index is 13.6. The number of piperazine rings is 1. The Kier molecular flexibility index (Phi) is 8.34. The second-order valence-electron chi connectivity index (χ2n) is 10.4. The molecular weight excluding hydrogens is 460 g/mol. The highest BCUT2D eigenvalue weighted by molar-refractivity contribution is 5.91. The van der Waals surface area contributed by atoms with Gasteiger partial charge in [0.25, 0.3) is 5.91 Å². The Hall–Kier alpha value is -2.29. The first kappa shape index (κ1) is 25.4. The van der Waals surface area contributed by atoms with Crippen LogP contribution in [0.3, 0.4) is 0 Å². The fraction of sp³-hybridized carbons (Fsp3) is 0.679. The molecule has 4 aliphatic rings. The third-order valence-electron chi connectivity index (χ3n) is 8.12. The summed E-state index contributed by atoms with van der Waals surface area (Å²) in [7, 11) is 0. The summed E-state index contributed by atoms with van der Waals surface area (Å²) < 4.78 is 23.2. The van der Waals surface area contributed by atoms with Gasteiger partial charge >= 0.3 is 0 Å². The van der Waals surface area contributed by atoms with Crippen molar-refractivity contribution in [2.24, 2.45) is 17.8 Å². The van der Waals surface area contributed by atoms with Gasteiger partial charge in [0.05, 0.1) is 0 Å². The van der Waals surface area contributed by atoms with Crippen molar-refractivity contribution >= 4 is 5.91 Å². The summed E-state index contributed by atoms with van der Waals surface area (Å²) in [5, 5.41) is 9.46. The van der Waals surface area contributed by atoms with Crippen molar-refractivity contribution in [1.29, 1.82) is 0 Å². The Morgan fingerprint density at radius 3 is 2.64 bits per heavy atom. The largest absolute Gasteiger partial charge is 0.459 e. The van der Waals surface area contributed by atoms with E-state index in [2.05, 4.69) is 17.0 Å². The van der Waals surface area contributed by atoms with E-state index < -0.39 is 6.29 Å². The predicted molar refractivity (Wildman–Crippen MR) is 134 cm³/mol. The number of hydrogen-bond donors (Lipinski definition) is 1. The molecule has 1 N–H and O–H groups in total.